The summed E-state index contributed by atoms with van der Waals surface area (Å²) in [7, 11) is 0. The highest BCUT2D eigenvalue weighted by molar-refractivity contribution is 5.49. The van der Waals surface area contributed by atoms with E-state index in [1.165, 1.54) is 17.8 Å². The number of phenols is 1. The second-order valence-electron chi connectivity index (χ2n) is 7.41. The minimum absolute atomic E-state index is 0.0201. The summed E-state index contributed by atoms with van der Waals surface area (Å²) in [6.45, 7) is 4.92. The minimum Gasteiger partial charge on any atom is -0.508 e. The van der Waals surface area contributed by atoms with Crippen LogP contribution in [0.1, 0.15) is 12.0 Å². The Morgan fingerprint density at radius 3 is 2.53 bits per heavy atom. The van der Waals surface area contributed by atoms with Crippen LogP contribution < -0.4 is 9.64 Å². The van der Waals surface area contributed by atoms with E-state index in [2.05, 4.69) is 17.0 Å². The molecule has 3 atom stereocenters. The fourth-order valence-corrected chi connectivity index (χ4v) is 3.84. The maximum absolute atomic E-state index is 8.79. The van der Waals surface area contributed by atoms with Gasteiger partial charge in [-0.05, 0) is 48.9 Å². The molecule has 3 heterocycles. The zero-order valence-electron chi connectivity index (χ0n) is 16.8. The molecule has 30 heavy (non-hydrogen) atoms. The molecular weight excluding hydrogens is 384 g/mol. The van der Waals surface area contributed by atoms with Gasteiger partial charge in [0.1, 0.15) is 17.6 Å². The van der Waals surface area contributed by atoms with E-state index < -0.39 is 0 Å². The first-order valence-corrected chi connectivity index (χ1v) is 10.2. The van der Waals surface area contributed by atoms with Crippen molar-refractivity contribution in [1.82, 2.24) is 0 Å². The number of phenolic OH excluding ortho intramolecular Hbond substituents is 1. The van der Waals surface area contributed by atoms with Crippen molar-refractivity contribution in [2.75, 3.05) is 44.4 Å². The first-order chi connectivity index (χ1) is 14.7. The van der Waals surface area contributed by atoms with Gasteiger partial charge in [0.2, 0.25) is 0 Å². The highest BCUT2D eigenvalue weighted by atomic mass is 16.6. The summed E-state index contributed by atoms with van der Waals surface area (Å²) in [6, 6.07) is 16.4. The first kappa shape index (κ1) is 20.5. The predicted octanol–water partition coefficient (Wildman–Crippen LogP) is 2.72. The Balaban J connectivity index is 0.000000204. The van der Waals surface area contributed by atoms with E-state index in [9.17, 15) is 0 Å². The number of nitrogens with zero attached hydrogens (tertiary/aromatic N) is 2. The fraction of sp³-hybridized carbons (Fsp3) is 0.435. The summed E-state index contributed by atoms with van der Waals surface area (Å²) in [5.74, 6) is 1.02. The fourth-order valence-electron chi connectivity index (χ4n) is 3.84. The van der Waals surface area contributed by atoms with Gasteiger partial charge in [0.25, 0.3) is 0 Å². The van der Waals surface area contributed by atoms with Gasteiger partial charge in [-0.2, -0.15) is 5.26 Å². The van der Waals surface area contributed by atoms with Crippen LogP contribution >= 0.6 is 0 Å². The number of hydrogen-bond acceptors (Lipinski definition) is 7. The van der Waals surface area contributed by atoms with Gasteiger partial charge in [0.15, 0.2) is 6.10 Å². The number of nitriles is 1. The molecule has 1 N–H and O–H groups in total. The molecule has 3 aliphatic heterocycles. The quantitative estimate of drug-likeness (QED) is 0.833. The molecule has 0 saturated carbocycles. The van der Waals surface area contributed by atoms with Crippen LogP contribution in [0, 0.1) is 11.3 Å². The molecule has 7 nitrogen and oxygen atoms in total. The van der Waals surface area contributed by atoms with Gasteiger partial charge in [-0.1, -0.05) is 6.07 Å². The number of ether oxygens (including phenoxy) is 4. The van der Waals surface area contributed by atoms with E-state index in [1.807, 2.05) is 18.2 Å². The van der Waals surface area contributed by atoms with Crippen LogP contribution in [0.3, 0.4) is 0 Å². The number of morpholine rings is 1. The van der Waals surface area contributed by atoms with Crippen LogP contribution in [0.4, 0.5) is 5.69 Å². The summed E-state index contributed by atoms with van der Waals surface area (Å²) in [6.07, 6.45) is 1.33. The number of hydrogen-bond donors (Lipinski definition) is 1. The lowest BCUT2D eigenvalue weighted by atomic mass is 10.1. The van der Waals surface area contributed by atoms with Gasteiger partial charge in [-0.15, -0.1) is 0 Å². The number of aromatic hydroxyl groups is 1. The lowest BCUT2D eigenvalue weighted by Gasteiger charge is -2.29. The first-order valence-electron chi connectivity index (χ1n) is 10.2. The minimum atomic E-state index is 0.0201. The Labute approximate surface area is 176 Å². The SMILES string of the molecule is N#Cc1cccc(O)c1.c1cc(N2CCOCC2)ccc1OC1COC2CCOC21. The van der Waals surface area contributed by atoms with E-state index in [4.69, 9.17) is 29.3 Å². The van der Waals surface area contributed by atoms with Crippen molar-refractivity contribution in [1.29, 1.82) is 5.26 Å². The molecule has 7 heteroatoms. The second-order valence-corrected chi connectivity index (χ2v) is 7.41. The van der Waals surface area contributed by atoms with Crippen molar-refractivity contribution in [2.45, 2.75) is 24.7 Å². The predicted molar refractivity (Wildman–Crippen MR) is 111 cm³/mol. The third-order valence-electron chi connectivity index (χ3n) is 5.40. The van der Waals surface area contributed by atoms with Crippen LogP contribution in [0.5, 0.6) is 11.5 Å². The molecule has 0 radical (unpaired) electrons. The van der Waals surface area contributed by atoms with Gasteiger partial charge in [-0.25, -0.2) is 0 Å². The average molecular weight is 410 g/mol. The van der Waals surface area contributed by atoms with Crippen molar-refractivity contribution in [3.05, 3.63) is 54.1 Å². The number of anilines is 1. The van der Waals surface area contributed by atoms with Crippen LogP contribution in [-0.2, 0) is 14.2 Å². The summed E-state index contributed by atoms with van der Waals surface area (Å²) in [5, 5.41) is 17.1. The third kappa shape index (κ3) is 5.03. The van der Waals surface area contributed by atoms with Crippen molar-refractivity contribution in [2.24, 2.45) is 0 Å². The molecule has 3 aliphatic rings. The Morgan fingerprint density at radius 1 is 1.03 bits per heavy atom. The van der Waals surface area contributed by atoms with Gasteiger partial charge in [0.05, 0.1) is 37.6 Å². The molecule has 0 aromatic heterocycles. The van der Waals surface area contributed by atoms with Crippen LogP contribution in [0.25, 0.3) is 0 Å². The van der Waals surface area contributed by atoms with E-state index in [0.717, 1.165) is 45.1 Å². The van der Waals surface area contributed by atoms with Gasteiger partial charge < -0.3 is 29.0 Å². The van der Waals surface area contributed by atoms with Crippen molar-refractivity contribution >= 4 is 5.69 Å². The summed E-state index contributed by atoms with van der Waals surface area (Å²) < 4.78 is 22.8. The molecular formula is C23H26N2O5. The van der Waals surface area contributed by atoms with Crippen molar-refractivity contribution < 1.29 is 24.1 Å². The lowest BCUT2D eigenvalue weighted by molar-refractivity contribution is 0.0308. The van der Waals surface area contributed by atoms with E-state index in [0.29, 0.717) is 12.2 Å². The second kappa shape index (κ2) is 9.81. The molecule has 0 aliphatic carbocycles. The van der Waals surface area contributed by atoms with Crippen LogP contribution in [-0.4, -0.2) is 62.9 Å². The Hall–Kier alpha value is -2.79. The van der Waals surface area contributed by atoms with Gasteiger partial charge in [-0.3, -0.25) is 0 Å². The maximum atomic E-state index is 8.79. The van der Waals surface area contributed by atoms with Gasteiger partial charge >= 0.3 is 0 Å². The highest BCUT2D eigenvalue weighted by Crippen LogP contribution is 2.30. The largest absolute Gasteiger partial charge is 0.508 e. The monoisotopic (exact) mass is 410 g/mol. The average Bonchev–Trinajstić information content (AvgIpc) is 3.41. The molecule has 0 bridgehead atoms. The third-order valence-corrected chi connectivity index (χ3v) is 5.40. The molecule has 158 valence electrons. The molecule has 3 unspecified atom stereocenters. The smallest absolute Gasteiger partial charge is 0.150 e. The summed E-state index contributed by atoms with van der Waals surface area (Å²) >= 11 is 0. The van der Waals surface area contributed by atoms with E-state index in [1.54, 1.807) is 12.1 Å². The van der Waals surface area contributed by atoms with Crippen LogP contribution in [0.2, 0.25) is 0 Å². The molecule has 0 spiro atoms. The molecule has 3 fully saturated rings. The maximum Gasteiger partial charge on any atom is 0.150 e. The number of fused-ring (bicyclic) bond motifs is 1. The summed E-state index contributed by atoms with van der Waals surface area (Å²) in [5.41, 5.74) is 1.71. The Kier molecular flexibility index (Phi) is 6.70. The molecule has 2 aromatic rings. The highest BCUT2D eigenvalue weighted by Gasteiger charge is 2.43. The molecule has 5 rings (SSSR count). The topological polar surface area (TPSA) is 84.2 Å². The van der Waals surface area contributed by atoms with Gasteiger partial charge in [0, 0.05) is 25.4 Å². The Bertz CT molecular complexity index is 861. The number of benzene rings is 2. The van der Waals surface area contributed by atoms with E-state index >= 15 is 0 Å². The lowest BCUT2D eigenvalue weighted by Crippen LogP contribution is -2.36. The molecule has 0 amide bonds. The van der Waals surface area contributed by atoms with Crippen LogP contribution in [0.15, 0.2) is 48.5 Å². The normalized spacial score (nSPS) is 25.0. The standard InChI is InChI=1S/C16H21NO4.C7H5NO/c1-3-13(4-2-12(1)17-6-9-18-10-7-17)21-15-11-20-14-5-8-19-16(14)15;8-5-6-2-1-3-7(9)4-6/h1-4,14-16H,5-11H2;1-4,9H. The van der Waals surface area contributed by atoms with Crippen molar-refractivity contribution in [3.63, 3.8) is 0 Å². The van der Waals surface area contributed by atoms with E-state index in [-0.39, 0.29) is 24.1 Å². The zero-order valence-corrected chi connectivity index (χ0v) is 16.8. The Morgan fingerprint density at radius 2 is 1.83 bits per heavy atom. The zero-order chi connectivity index (χ0) is 20.8. The molecule has 3 saturated heterocycles. The summed E-state index contributed by atoms with van der Waals surface area (Å²) in [4.78, 5) is 2.34. The van der Waals surface area contributed by atoms with Crippen molar-refractivity contribution in [3.8, 4) is 17.6 Å². The molecule has 2 aromatic carbocycles. The number of rotatable bonds is 3.